The molecule has 2 aromatic carbocycles. The van der Waals surface area contributed by atoms with Crippen molar-refractivity contribution < 1.29 is 33.0 Å². The summed E-state index contributed by atoms with van der Waals surface area (Å²) >= 11 is 2.49. The number of aliphatic hydroxyl groups is 1. The van der Waals surface area contributed by atoms with E-state index in [0.717, 1.165) is 16.9 Å². The lowest BCUT2D eigenvalue weighted by molar-refractivity contribution is -0.117. The maximum Gasteiger partial charge on any atom is 0.296 e. The first-order valence-electron chi connectivity index (χ1n) is 12.5. The second-order valence-corrected chi connectivity index (χ2v) is 10.8. The Morgan fingerprint density at radius 1 is 1.20 bits per heavy atom. The number of rotatable bonds is 12. The van der Waals surface area contributed by atoms with E-state index in [1.807, 2.05) is 6.92 Å². The van der Waals surface area contributed by atoms with E-state index in [1.165, 1.54) is 41.1 Å². The van der Waals surface area contributed by atoms with Gasteiger partial charge in [-0.2, -0.15) is 0 Å². The third-order valence-electron chi connectivity index (χ3n) is 6.02. The van der Waals surface area contributed by atoms with Crippen LogP contribution in [-0.4, -0.2) is 40.2 Å². The first kappa shape index (κ1) is 28.1. The Balaban J connectivity index is 1.52. The number of amides is 1. The summed E-state index contributed by atoms with van der Waals surface area (Å²) in [6, 6.07) is 13.1. The Kier molecular flexibility index (Phi) is 8.50. The highest BCUT2D eigenvalue weighted by Gasteiger charge is 2.47. The fourth-order valence-electron chi connectivity index (χ4n) is 4.21. The molecular weight excluding hydrogens is 569 g/mol. The Morgan fingerprint density at radius 3 is 2.71 bits per heavy atom. The van der Waals surface area contributed by atoms with Gasteiger partial charge >= 0.3 is 0 Å². The molecule has 0 radical (unpaired) electrons. The third kappa shape index (κ3) is 5.88. The molecule has 9 nitrogen and oxygen atoms in total. The number of hydrogen-bond acceptors (Lipinski definition) is 10. The molecule has 1 N–H and O–H groups in total. The van der Waals surface area contributed by atoms with Gasteiger partial charge in [0.1, 0.15) is 12.4 Å². The molecule has 2 aromatic heterocycles. The number of halogens is 1. The molecule has 0 fully saturated rings. The number of Topliss-reactive ketones (excluding diaryl/α,β-unsaturated/α-hetero) is 1. The Hall–Kier alpha value is -4.42. The highest BCUT2D eigenvalue weighted by atomic mass is 32.2. The number of hydrogen-bond donors (Lipinski definition) is 1. The van der Waals surface area contributed by atoms with Gasteiger partial charge in [0, 0.05) is 5.75 Å². The van der Waals surface area contributed by atoms with Crippen LogP contribution in [-0.2, 0) is 10.5 Å². The number of ketones is 1. The lowest BCUT2D eigenvalue weighted by atomic mass is 9.95. The minimum atomic E-state index is -1.06. The topological polar surface area (TPSA) is 115 Å². The Bertz CT molecular complexity index is 1600. The number of aromatic nitrogens is 2. The number of thioether (sulfide) groups is 1. The normalized spacial score (nSPS) is 14.9. The Morgan fingerprint density at radius 2 is 2.00 bits per heavy atom. The van der Waals surface area contributed by atoms with Gasteiger partial charge in [-0.15, -0.1) is 10.2 Å². The van der Waals surface area contributed by atoms with E-state index in [0.29, 0.717) is 33.8 Å². The SMILES string of the molecule is C=CCOc1ccc(C2C(C(=O)c3ccco3)=C(O)C(=O)N2c2nnc(SCc3ccc(F)cc3)s2)cc1OCC. The van der Waals surface area contributed by atoms with Crippen LogP contribution in [0.4, 0.5) is 9.52 Å². The van der Waals surface area contributed by atoms with Gasteiger partial charge in [0.05, 0.1) is 24.5 Å². The van der Waals surface area contributed by atoms with Gasteiger partial charge in [-0.1, -0.05) is 54.0 Å². The summed E-state index contributed by atoms with van der Waals surface area (Å²) in [6.07, 6.45) is 2.94. The minimum absolute atomic E-state index is 0.0324. The molecule has 0 bridgehead atoms. The summed E-state index contributed by atoms with van der Waals surface area (Å²) in [5, 5.41) is 19.6. The largest absolute Gasteiger partial charge is 0.503 e. The fraction of sp³-hybridized carbons (Fsp3) is 0.172. The van der Waals surface area contributed by atoms with Gasteiger partial charge in [0.15, 0.2) is 27.4 Å². The Labute approximate surface area is 242 Å². The fourth-order valence-corrected chi connectivity index (χ4v) is 6.03. The van der Waals surface area contributed by atoms with E-state index in [9.17, 15) is 19.1 Å². The van der Waals surface area contributed by atoms with Gasteiger partial charge in [-0.3, -0.25) is 14.5 Å². The second-order valence-electron chi connectivity index (χ2n) is 8.65. The van der Waals surface area contributed by atoms with Gasteiger partial charge in [-0.05, 0) is 54.4 Å². The van der Waals surface area contributed by atoms with Crippen molar-refractivity contribution in [3.63, 3.8) is 0 Å². The van der Waals surface area contributed by atoms with E-state index >= 15 is 0 Å². The van der Waals surface area contributed by atoms with Crippen LogP contribution in [0.3, 0.4) is 0 Å². The first-order valence-corrected chi connectivity index (χ1v) is 14.3. The number of aliphatic hydroxyl groups excluding tert-OH is 1. The number of nitrogens with zero attached hydrogens (tertiary/aromatic N) is 3. The van der Waals surface area contributed by atoms with Crippen LogP contribution in [0.15, 0.2) is 93.6 Å². The number of carbonyl (C=O) groups excluding carboxylic acids is 2. The zero-order valence-corrected chi connectivity index (χ0v) is 23.4. The van der Waals surface area contributed by atoms with Gasteiger partial charge < -0.3 is 19.0 Å². The van der Waals surface area contributed by atoms with Crippen LogP contribution in [0.2, 0.25) is 0 Å². The van der Waals surface area contributed by atoms with Gasteiger partial charge in [0.2, 0.25) is 10.9 Å². The molecule has 4 aromatic rings. The molecule has 0 saturated carbocycles. The van der Waals surface area contributed by atoms with E-state index in [-0.39, 0.29) is 28.9 Å². The number of benzene rings is 2. The third-order valence-corrected chi connectivity index (χ3v) is 8.14. The van der Waals surface area contributed by atoms with Gasteiger partial charge in [-0.25, -0.2) is 4.39 Å². The molecule has 1 aliphatic rings. The molecule has 1 unspecified atom stereocenters. The maximum atomic E-state index is 13.5. The smallest absolute Gasteiger partial charge is 0.296 e. The van der Waals surface area contributed by atoms with E-state index in [1.54, 1.807) is 42.5 Å². The number of ether oxygens (including phenoxy) is 2. The average Bonchev–Trinajstić information content (AvgIpc) is 3.73. The summed E-state index contributed by atoms with van der Waals surface area (Å²) in [7, 11) is 0. The minimum Gasteiger partial charge on any atom is -0.503 e. The van der Waals surface area contributed by atoms with Crippen molar-refractivity contribution >= 4 is 39.9 Å². The summed E-state index contributed by atoms with van der Waals surface area (Å²) < 4.78 is 30.6. The molecule has 0 saturated heterocycles. The van der Waals surface area contributed by atoms with E-state index in [4.69, 9.17) is 13.9 Å². The molecule has 1 amide bonds. The predicted molar refractivity (Wildman–Crippen MR) is 152 cm³/mol. The van der Waals surface area contributed by atoms with Crippen LogP contribution in [0.25, 0.3) is 0 Å². The summed E-state index contributed by atoms with van der Waals surface area (Å²) in [5.74, 6) is -1.17. The molecule has 41 heavy (non-hydrogen) atoms. The summed E-state index contributed by atoms with van der Waals surface area (Å²) in [6.45, 7) is 6.07. The zero-order chi connectivity index (χ0) is 28.9. The molecule has 0 aliphatic carbocycles. The van der Waals surface area contributed by atoms with Crippen molar-refractivity contribution in [2.24, 2.45) is 0 Å². The van der Waals surface area contributed by atoms with E-state index < -0.39 is 23.5 Å². The summed E-state index contributed by atoms with van der Waals surface area (Å²) in [5.41, 5.74) is 1.20. The van der Waals surface area contributed by atoms with Crippen LogP contribution < -0.4 is 14.4 Å². The first-order chi connectivity index (χ1) is 19.9. The highest BCUT2D eigenvalue weighted by molar-refractivity contribution is 8.00. The molecule has 1 atom stereocenters. The van der Waals surface area contributed by atoms with Crippen molar-refractivity contribution in [3.05, 3.63) is 108 Å². The standard InChI is InChI=1S/C29H24FN3O6S2/c1-3-13-38-20-12-9-18(15-22(20)37-4-2)24-23(25(34)21-6-5-14-39-21)26(35)27(36)33(24)28-31-32-29(41-28)40-16-17-7-10-19(30)11-8-17/h3,5-12,14-15,24,35H,1,4,13,16H2,2H3. The molecule has 0 spiro atoms. The maximum absolute atomic E-state index is 13.5. The number of furan rings is 1. The van der Waals surface area contributed by atoms with E-state index in [2.05, 4.69) is 16.8 Å². The predicted octanol–water partition coefficient (Wildman–Crippen LogP) is 6.31. The van der Waals surface area contributed by atoms with Crippen molar-refractivity contribution in [1.82, 2.24) is 10.2 Å². The number of anilines is 1. The molecule has 3 heterocycles. The molecule has 210 valence electrons. The molecular formula is C29H24FN3O6S2. The lowest BCUT2D eigenvalue weighted by Crippen LogP contribution is -2.31. The monoisotopic (exact) mass is 593 g/mol. The van der Waals surface area contributed by atoms with Gasteiger partial charge in [0.25, 0.3) is 5.91 Å². The zero-order valence-electron chi connectivity index (χ0n) is 21.8. The highest BCUT2D eigenvalue weighted by Crippen LogP contribution is 2.45. The van der Waals surface area contributed by atoms with Crippen LogP contribution in [0.1, 0.15) is 34.6 Å². The van der Waals surface area contributed by atoms with Crippen molar-refractivity contribution in [3.8, 4) is 11.5 Å². The summed E-state index contributed by atoms with van der Waals surface area (Å²) in [4.78, 5) is 28.2. The molecule has 1 aliphatic heterocycles. The molecule has 12 heteroatoms. The van der Waals surface area contributed by atoms with Crippen molar-refractivity contribution in [2.45, 2.75) is 23.1 Å². The van der Waals surface area contributed by atoms with Crippen LogP contribution in [0.5, 0.6) is 11.5 Å². The van der Waals surface area contributed by atoms with Crippen molar-refractivity contribution in [2.75, 3.05) is 18.1 Å². The lowest BCUT2D eigenvalue weighted by Gasteiger charge is -2.24. The number of carbonyl (C=O) groups is 2. The molecule has 5 rings (SSSR count). The quantitative estimate of drug-likeness (QED) is 0.0873. The average molecular weight is 594 g/mol. The van der Waals surface area contributed by atoms with Crippen LogP contribution >= 0.6 is 23.1 Å². The van der Waals surface area contributed by atoms with Crippen molar-refractivity contribution in [1.29, 1.82) is 0 Å². The van der Waals surface area contributed by atoms with Crippen LogP contribution in [0, 0.1) is 5.82 Å². The second kappa shape index (κ2) is 12.4.